The van der Waals surface area contributed by atoms with Crippen LogP contribution in [0.15, 0.2) is 42.5 Å². The van der Waals surface area contributed by atoms with Gasteiger partial charge in [-0.05, 0) is 29.8 Å². The summed E-state index contributed by atoms with van der Waals surface area (Å²) < 4.78 is 42.7. The summed E-state index contributed by atoms with van der Waals surface area (Å²) in [5, 5.41) is 9.35. The maximum Gasteiger partial charge on any atom is 0.416 e. The first kappa shape index (κ1) is 15.2. The van der Waals surface area contributed by atoms with E-state index >= 15 is 0 Å². The molecule has 0 saturated heterocycles. The Labute approximate surface area is 124 Å². The van der Waals surface area contributed by atoms with Crippen LogP contribution in [0.4, 0.5) is 13.2 Å². The Hall–Kier alpha value is -2.19. The van der Waals surface area contributed by atoms with Gasteiger partial charge in [-0.3, -0.25) is 0 Å². The van der Waals surface area contributed by atoms with Crippen molar-refractivity contribution < 1.29 is 17.9 Å². The molecule has 2 nitrogen and oxygen atoms in total. The van der Waals surface area contributed by atoms with E-state index in [-0.39, 0.29) is 6.61 Å². The summed E-state index contributed by atoms with van der Waals surface area (Å²) in [5.41, 5.74) is 0.157. The molecule has 0 atom stereocenters. The molecule has 0 unspecified atom stereocenters. The number of nitrogens with zero attached hydrogens (tertiary/aromatic N) is 1. The molecule has 108 valence electrons. The number of nitriles is 1. The number of rotatable bonds is 3. The van der Waals surface area contributed by atoms with Gasteiger partial charge in [-0.2, -0.15) is 18.4 Å². The van der Waals surface area contributed by atoms with Gasteiger partial charge in [-0.1, -0.05) is 23.7 Å². The first-order valence-electron chi connectivity index (χ1n) is 5.89. The Morgan fingerprint density at radius 2 is 1.76 bits per heavy atom. The van der Waals surface area contributed by atoms with Crippen LogP contribution in [0.2, 0.25) is 5.02 Å². The normalized spacial score (nSPS) is 11.0. The van der Waals surface area contributed by atoms with Crippen molar-refractivity contribution in [3.63, 3.8) is 0 Å². The fourth-order valence-electron chi connectivity index (χ4n) is 1.66. The van der Waals surface area contributed by atoms with E-state index in [1.807, 2.05) is 6.07 Å². The molecule has 0 heterocycles. The summed E-state index contributed by atoms with van der Waals surface area (Å²) in [5.74, 6) is 0.296. The minimum atomic E-state index is -4.36. The predicted molar refractivity (Wildman–Crippen MR) is 71.9 cm³/mol. The lowest BCUT2D eigenvalue weighted by Crippen LogP contribution is -2.05. The van der Waals surface area contributed by atoms with Crippen LogP contribution in [0.5, 0.6) is 5.75 Å². The van der Waals surface area contributed by atoms with E-state index < -0.39 is 11.7 Å². The van der Waals surface area contributed by atoms with Gasteiger partial charge in [-0.15, -0.1) is 0 Å². The predicted octanol–water partition coefficient (Wildman–Crippen LogP) is 4.81. The molecular weight excluding hydrogens is 303 g/mol. The lowest BCUT2D eigenvalue weighted by molar-refractivity contribution is -0.137. The Bertz CT molecular complexity index is 675. The van der Waals surface area contributed by atoms with Crippen molar-refractivity contribution in [2.24, 2.45) is 0 Å². The number of benzene rings is 2. The van der Waals surface area contributed by atoms with Gasteiger partial charge in [0.15, 0.2) is 0 Å². The lowest BCUT2D eigenvalue weighted by atomic mass is 10.1. The molecule has 0 bridgehead atoms. The van der Waals surface area contributed by atoms with Gasteiger partial charge in [0.25, 0.3) is 0 Å². The molecule has 0 radical (unpaired) electrons. The van der Waals surface area contributed by atoms with E-state index in [4.69, 9.17) is 21.6 Å². The quantitative estimate of drug-likeness (QED) is 0.815. The molecule has 0 aliphatic carbocycles. The summed E-state index contributed by atoms with van der Waals surface area (Å²) in [6.45, 7) is 0.0488. The average Bonchev–Trinajstić information content (AvgIpc) is 2.45. The minimum Gasteiger partial charge on any atom is -0.487 e. The Kier molecular flexibility index (Phi) is 4.39. The third-order valence-corrected chi connectivity index (χ3v) is 2.97. The molecule has 21 heavy (non-hydrogen) atoms. The van der Waals surface area contributed by atoms with E-state index in [1.165, 1.54) is 24.3 Å². The van der Waals surface area contributed by atoms with Gasteiger partial charge in [-0.25, -0.2) is 0 Å². The number of hydrogen-bond acceptors (Lipinski definition) is 2. The van der Waals surface area contributed by atoms with Gasteiger partial charge in [0.1, 0.15) is 18.4 Å². The summed E-state index contributed by atoms with van der Waals surface area (Å²) in [6, 6.07) is 11.2. The number of alkyl halides is 3. The molecule has 0 spiro atoms. The van der Waals surface area contributed by atoms with Crippen LogP contribution >= 0.6 is 11.6 Å². The zero-order valence-electron chi connectivity index (χ0n) is 10.6. The minimum absolute atomic E-state index is 0.0488. The van der Waals surface area contributed by atoms with Crippen molar-refractivity contribution in [3.05, 3.63) is 64.2 Å². The van der Waals surface area contributed by atoms with E-state index in [2.05, 4.69) is 0 Å². The first-order valence-corrected chi connectivity index (χ1v) is 6.26. The molecule has 6 heteroatoms. The second kappa shape index (κ2) is 6.06. The van der Waals surface area contributed by atoms with Gasteiger partial charge in [0, 0.05) is 11.1 Å². The second-order valence-corrected chi connectivity index (χ2v) is 4.67. The molecule has 0 N–H and O–H groups in total. The maximum atomic E-state index is 12.4. The van der Waals surface area contributed by atoms with E-state index in [0.717, 1.165) is 12.1 Å². The summed E-state index contributed by atoms with van der Waals surface area (Å²) in [7, 11) is 0. The van der Waals surface area contributed by atoms with E-state index in [9.17, 15) is 13.2 Å². The van der Waals surface area contributed by atoms with Crippen molar-refractivity contribution in [2.75, 3.05) is 0 Å². The lowest BCUT2D eigenvalue weighted by Gasteiger charge is -2.10. The van der Waals surface area contributed by atoms with Gasteiger partial charge >= 0.3 is 6.18 Å². The maximum absolute atomic E-state index is 12.4. The van der Waals surface area contributed by atoms with Gasteiger partial charge in [0.05, 0.1) is 11.1 Å². The Balaban J connectivity index is 2.10. The molecule has 2 rings (SSSR count). The zero-order chi connectivity index (χ0) is 15.5. The average molecular weight is 312 g/mol. The molecule has 2 aromatic carbocycles. The number of hydrogen-bond donors (Lipinski definition) is 0. The highest BCUT2D eigenvalue weighted by Gasteiger charge is 2.29. The highest BCUT2D eigenvalue weighted by atomic mass is 35.5. The molecule has 0 aliphatic heterocycles. The first-order chi connectivity index (χ1) is 9.90. The summed E-state index contributed by atoms with van der Waals surface area (Å²) in [4.78, 5) is 0. The van der Waals surface area contributed by atoms with Crippen molar-refractivity contribution in [1.82, 2.24) is 0 Å². The fourth-order valence-corrected chi connectivity index (χ4v) is 1.82. The smallest absolute Gasteiger partial charge is 0.416 e. The van der Waals surface area contributed by atoms with Crippen LogP contribution in [0.3, 0.4) is 0 Å². The molecular formula is C15H9ClF3NO. The van der Waals surface area contributed by atoms with E-state index in [1.54, 1.807) is 6.07 Å². The molecule has 2 aromatic rings. The Morgan fingerprint density at radius 1 is 1.10 bits per heavy atom. The second-order valence-electron chi connectivity index (χ2n) is 4.24. The van der Waals surface area contributed by atoms with Crippen molar-refractivity contribution in [3.8, 4) is 11.8 Å². The highest BCUT2D eigenvalue weighted by Crippen LogP contribution is 2.29. The highest BCUT2D eigenvalue weighted by molar-refractivity contribution is 6.30. The zero-order valence-corrected chi connectivity index (χ0v) is 11.4. The monoisotopic (exact) mass is 311 g/mol. The topological polar surface area (TPSA) is 33.0 Å². The molecule has 0 saturated carbocycles. The fraction of sp³-hybridized carbons (Fsp3) is 0.133. The van der Waals surface area contributed by atoms with Crippen LogP contribution in [0.1, 0.15) is 16.7 Å². The van der Waals surface area contributed by atoms with Crippen molar-refractivity contribution in [1.29, 1.82) is 5.26 Å². The molecule has 0 amide bonds. The summed E-state index contributed by atoms with van der Waals surface area (Å²) >= 11 is 5.81. The third-order valence-electron chi connectivity index (χ3n) is 2.74. The number of ether oxygens (including phenoxy) is 1. The van der Waals surface area contributed by atoms with Crippen LogP contribution < -0.4 is 4.74 Å². The molecule has 0 fully saturated rings. The van der Waals surface area contributed by atoms with Gasteiger partial charge in [0.2, 0.25) is 0 Å². The summed E-state index contributed by atoms with van der Waals surface area (Å²) in [6.07, 6.45) is -4.36. The molecule has 0 aliphatic rings. The SMILES string of the molecule is N#Cc1ccc(Cl)cc1OCc1ccc(C(F)(F)F)cc1. The molecule has 0 aromatic heterocycles. The van der Waals surface area contributed by atoms with Crippen LogP contribution in [0.25, 0.3) is 0 Å². The van der Waals surface area contributed by atoms with Crippen molar-refractivity contribution >= 4 is 11.6 Å². The van der Waals surface area contributed by atoms with Crippen LogP contribution in [-0.2, 0) is 12.8 Å². The van der Waals surface area contributed by atoms with Crippen molar-refractivity contribution in [2.45, 2.75) is 12.8 Å². The standard InChI is InChI=1S/C15H9ClF3NO/c16-13-6-3-11(8-20)14(7-13)21-9-10-1-4-12(5-2-10)15(17,18)19/h1-7H,9H2. The van der Waals surface area contributed by atoms with E-state index in [0.29, 0.717) is 21.9 Å². The van der Waals surface area contributed by atoms with Crippen LogP contribution in [0, 0.1) is 11.3 Å². The third kappa shape index (κ3) is 3.89. The largest absolute Gasteiger partial charge is 0.487 e. The van der Waals surface area contributed by atoms with Gasteiger partial charge < -0.3 is 4.74 Å². The Morgan fingerprint density at radius 3 is 2.33 bits per heavy atom. The number of halogens is 4. The van der Waals surface area contributed by atoms with Crippen LogP contribution in [-0.4, -0.2) is 0 Å².